The lowest BCUT2D eigenvalue weighted by atomic mass is 9.92. The molecule has 4 heteroatoms. The van der Waals surface area contributed by atoms with Gasteiger partial charge in [-0.25, -0.2) is 0 Å². The van der Waals surface area contributed by atoms with Gasteiger partial charge in [0.25, 0.3) is 0 Å². The maximum atomic E-state index is 9.04. The summed E-state index contributed by atoms with van der Waals surface area (Å²) in [6.45, 7) is 1.84. The van der Waals surface area contributed by atoms with Crippen LogP contribution in [0.4, 0.5) is 0 Å². The highest BCUT2D eigenvalue weighted by atomic mass is 16.5. The summed E-state index contributed by atoms with van der Waals surface area (Å²) in [5, 5.41) is 18.1. The Kier molecular flexibility index (Phi) is 3.94. The van der Waals surface area contributed by atoms with Crippen LogP contribution < -0.4 is 0 Å². The first-order valence-electron chi connectivity index (χ1n) is 4.20. The van der Waals surface area contributed by atoms with Crippen LogP contribution in [0.5, 0.6) is 0 Å². The smallest absolute Gasteiger partial charge is 0.0632 e. The fourth-order valence-electron chi connectivity index (χ4n) is 1.11. The van der Waals surface area contributed by atoms with Gasteiger partial charge in [-0.15, -0.1) is 0 Å². The lowest BCUT2D eigenvalue weighted by Crippen LogP contribution is -2.41. The van der Waals surface area contributed by atoms with E-state index >= 15 is 0 Å². The molecule has 0 aliphatic carbocycles. The van der Waals surface area contributed by atoms with Crippen LogP contribution in [0.2, 0.25) is 0 Å². The molecular formula is C8H16O4. The summed E-state index contributed by atoms with van der Waals surface area (Å²) in [5.74, 6) is 0. The molecule has 1 saturated heterocycles. The molecule has 1 rings (SSSR count). The van der Waals surface area contributed by atoms with Gasteiger partial charge >= 0.3 is 0 Å². The minimum Gasteiger partial charge on any atom is -0.396 e. The number of aliphatic hydroxyl groups excluding tert-OH is 2. The molecule has 1 aliphatic heterocycles. The Balaban J connectivity index is 2.45. The van der Waals surface area contributed by atoms with Gasteiger partial charge in [-0.3, -0.25) is 0 Å². The van der Waals surface area contributed by atoms with Crippen molar-refractivity contribution in [1.82, 2.24) is 0 Å². The van der Waals surface area contributed by atoms with Crippen molar-refractivity contribution in [2.75, 3.05) is 39.6 Å². The average Bonchev–Trinajstić information content (AvgIpc) is 2.06. The number of hydrogen-bond donors (Lipinski definition) is 2. The summed E-state index contributed by atoms with van der Waals surface area (Å²) in [4.78, 5) is 0. The van der Waals surface area contributed by atoms with Crippen LogP contribution in [0, 0.1) is 5.41 Å². The van der Waals surface area contributed by atoms with Crippen molar-refractivity contribution in [2.45, 2.75) is 6.42 Å². The first-order chi connectivity index (χ1) is 5.83. The van der Waals surface area contributed by atoms with E-state index in [1.54, 1.807) is 0 Å². The highest BCUT2D eigenvalue weighted by molar-refractivity contribution is 4.78. The van der Waals surface area contributed by atoms with Gasteiger partial charge in [0.05, 0.1) is 31.8 Å². The van der Waals surface area contributed by atoms with E-state index in [1.807, 2.05) is 0 Å². The zero-order valence-corrected chi connectivity index (χ0v) is 7.16. The lowest BCUT2D eigenvalue weighted by molar-refractivity contribution is -0.0971. The van der Waals surface area contributed by atoms with E-state index in [1.165, 1.54) is 0 Å². The normalized spacial score (nSPS) is 24.5. The van der Waals surface area contributed by atoms with Crippen LogP contribution >= 0.6 is 0 Å². The molecule has 0 radical (unpaired) electrons. The molecule has 0 saturated carbocycles. The molecule has 0 unspecified atom stereocenters. The summed E-state index contributed by atoms with van der Waals surface area (Å²) in [5.41, 5.74) is -0.597. The summed E-state index contributed by atoms with van der Waals surface area (Å²) < 4.78 is 10.5. The van der Waals surface area contributed by atoms with Crippen molar-refractivity contribution >= 4 is 0 Å². The van der Waals surface area contributed by atoms with Crippen molar-refractivity contribution in [3.63, 3.8) is 0 Å². The van der Waals surface area contributed by atoms with E-state index < -0.39 is 5.41 Å². The second-order valence-corrected chi connectivity index (χ2v) is 3.27. The maximum absolute atomic E-state index is 9.04. The summed E-state index contributed by atoms with van der Waals surface area (Å²) >= 11 is 0. The Morgan fingerprint density at radius 3 is 1.92 bits per heavy atom. The molecule has 0 aromatic rings. The van der Waals surface area contributed by atoms with Gasteiger partial charge in [0, 0.05) is 13.2 Å². The van der Waals surface area contributed by atoms with E-state index in [0.29, 0.717) is 26.4 Å². The van der Waals surface area contributed by atoms with Crippen LogP contribution in [-0.2, 0) is 9.47 Å². The summed E-state index contributed by atoms with van der Waals surface area (Å²) in [6, 6.07) is 0. The number of rotatable bonds is 2. The van der Waals surface area contributed by atoms with Crippen LogP contribution in [-0.4, -0.2) is 49.9 Å². The molecule has 0 aromatic heterocycles. The van der Waals surface area contributed by atoms with Gasteiger partial charge in [-0.05, 0) is 6.42 Å². The van der Waals surface area contributed by atoms with Gasteiger partial charge in [-0.1, -0.05) is 0 Å². The second-order valence-electron chi connectivity index (χ2n) is 3.27. The highest BCUT2D eigenvalue weighted by Gasteiger charge is 2.30. The van der Waals surface area contributed by atoms with E-state index in [4.69, 9.17) is 19.7 Å². The number of hydrogen-bond acceptors (Lipinski definition) is 4. The second kappa shape index (κ2) is 4.77. The van der Waals surface area contributed by atoms with Crippen molar-refractivity contribution in [3.8, 4) is 0 Å². The van der Waals surface area contributed by atoms with Crippen molar-refractivity contribution in [3.05, 3.63) is 0 Å². The number of ether oxygens (including phenoxy) is 2. The van der Waals surface area contributed by atoms with Gasteiger partial charge in [0.1, 0.15) is 0 Å². The monoisotopic (exact) mass is 176 g/mol. The standard InChI is InChI=1S/C8H16O4/c9-4-8(5-10)6-11-2-1-3-12-7-8/h9-10H,1-7H2. The van der Waals surface area contributed by atoms with E-state index in [9.17, 15) is 0 Å². The quantitative estimate of drug-likeness (QED) is 0.589. The third kappa shape index (κ3) is 2.42. The topological polar surface area (TPSA) is 58.9 Å². The molecule has 2 N–H and O–H groups in total. The van der Waals surface area contributed by atoms with Gasteiger partial charge in [0.2, 0.25) is 0 Å². The molecule has 0 amide bonds. The van der Waals surface area contributed by atoms with Crippen molar-refractivity contribution < 1.29 is 19.7 Å². The van der Waals surface area contributed by atoms with E-state index in [2.05, 4.69) is 0 Å². The molecular weight excluding hydrogens is 160 g/mol. The lowest BCUT2D eigenvalue weighted by Gasteiger charge is -2.30. The van der Waals surface area contributed by atoms with Gasteiger partial charge < -0.3 is 19.7 Å². The largest absolute Gasteiger partial charge is 0.396 e. The molecule has 72 valence electrons. The Bertz CT molecular complexity index is 112. The predicted molar refractivity (Wildman–Crippen MR) is 42.9 cm³/mol. The molecule has 1 aliphatic rings. The third-order valence-corrected chi connectivity index (χ3v) is 2.06. The maximum Gasteiger partial charge on any atom is 0.0632 e. The Hall–Kier alpha value is -0.160. The average molecular weight is 176 g/mol. The first kappa shape index (κ1) is 9.92. The van der Waals surface area contributed by atoms with Crippen LogP contribution in [0.15, 0.2) is 0 Å². The van der Waals surface area contributed by atoms with Gasteiger partial charge in [-0.2, -0.15) is 0 Å². The molecule has 0 spiro atoms. The minimum absolute atomic E-state index is 0.0938. The van der Waals surface area contributed by atoms with Crippen molar-refractivity contribution in [1.29, 1.82) is 0 Å². The molecule has 0 aromatic carbocycles. The van der Waals surface area contributed by atoms with Crippen LogP contribution in [0.3, 0.4) is 0 Å². The van der Waals surface area contributed by atoms with Crippen LogP contribution in [0.1, 0.15) is 6.42 Å². The zero-order valence-electron chi connectivity index (χ0n) is 7.16. The zero-order chi connectivity index (χ0) is 8.86. The van der Waals surface area contributed by atoms with Crippen molar-refractivity contribution in [2.24, 2.45) is 5.41 Å². The van der Waals surface area contributed by atoms with E-state index in [-0.39, 0.29) is 13.2 Å². The summed E-state index contributed by atoms with van der Waals surface area (Å²) in [6.07, 6.45) is 0.882. The molecule has 1 fully saturated rings. The Morgan fingerprint density at radius 1 is 1.00 bits per heavy atom. The minimum atomic E-state index is -0.597. The SMILES string of the molecule is OCC1(CO)COCCCOC1. The van der Waals surface area contributed by atoms with Gasteiger partial charge in [0.15, 0.2) is 0 Å². The third-order valence-electron chi connectivity index (χ3n) is 2.06. The summed E-state index contributed by atoms with van der Waals surface area (Å²) in [7, 11) is 0. The van der Waals surface area contributed by atoms with Crippen LogP contribution in [0.25, 0.3) is 0 Å². The predicted octanol–water partition coefficient (Wildman–Crippen LogP) is -0.606. The first-order valence-corrected chi connectivity index (χ1v) is 4.20. The highest BCUT2D eigenvalue weighted by Crippen LogP contribution is 2.18. The number of aliphatic hydroxyl groups is 2. The fourth-order valence-corrected chi connectivity index (χ4v) is 1.11. The van der Waals surface area contributed by atoms with E-state index in [0.717, 1.165) is 6.42 Å². The fraction of sp³-hybridized carbons (Fsp3) is 1.00. The molecule has 4 nitrogen and oxygen atoms in total. The molecule has 0 bridgehead atoms. The molecule has 12 heavy (non-hydrogen) atoms. The Morgan fingerprint density at radius 2 is 1.50 bits per heavy atom. The molecule has 1 heterocycles. The molecule has 0 atom stereocenters. The Labute approximate surface area is 72.1 Å².